The molecule has 0 aliphatic heterocycles. The first-order valence-electron chi connectivity index (χ1n) is 6.69. The second kappa shape index (κ2) is 5.73. The van der Waals surface area contributed by atoms with Crippen molar-refractivity contribution < 1.29 is 9.53 Å². The Morgan fingerprint density at radius 2 is 1.83 bits per heavy atom. The van der Waals surface area contributed by atoms with Gasteiger partial charge >= 0.3 is 5.97 Å². The Bertz CT molecular complexity index is 371. The number of hydrogen-bond donors (Lipinski definition) is 0. The zero-order valence-electron chi connectivity index (χ0n) is 12.5. The van der Waals surface area contributed by atoms with Crippen LogP contribution in [0.4, 0.5) is 0 Å². The summed E-state index contributed by atoms with van der Waals surface area (Å²) in [6.45, 7) is 10.6. The van der Waals surface area contributed by atoms with E-state index in [1.54, 1.807) is 0 Å². The molecule has 0 aromatic carbocycles. The second-order valence-electron chi connectivity index (χ2n) is 6.10. The van der Waals surface area contributed by atoms with Crippen molar-refractivity contribution in [2.45, 2.75) is 47.5 Å². The van der Waals surface area contributed by atoms with Crippen LogP contribution in [0, 0.1) is 17.3 Å². The lowest BCUT2D eigenvalue weighted by molar-refractivity contribution is -0.143. The van der Waals surface area contributed by atoms with Crippen molar-refractivity contribution in [3.05, 3.63) is 23.3 Å². The highest BCUT2D eigenvalue weighted by Gasteiger charge is 2.63. The van der Waals surface area contributed by atoms with Gasteiger partial charge in [0.05, 0.1) is 13.0 Å². The first-order chi connectivity index (χ1) is 8.32. The molecule has 2 heteroatoms. The van der Waals surface area contributed by atoms with E-state index in [9.17, 15) is 4.79 Å². The zero-order chi connectivity index (χ0) is 13.9. The fourth-order valence-corrected chi connectivity index (χ4v) is 2.78. The second-order valence-corrected chi connectivity index (χ2v) is 6.10. The van der Waals surface area contributed by atoms with Gasteiger partial charge in [0.1, 0.15) is 0 Å². The lowest BCUT2D eigenvalue weighted by Gasteiger charge is -2.09. The van der Waals surface area contributed by atoms with Gasteiger partial charge in [0.15, 0.2) is 0 Å². The number of esters is 1. The number of rotatable bonds is 5. The minimum absolute atomic E-state index is 0.0444. The van der Waals surface area contributed by atoms with Crippen LogP contribution in [-0.4, -0.2) is 13.1 Å². The van der Waals surface area contributed by atoms with E-state index >= 15 is 0 Å². The monoisotopic (exact) mass is 250 g/mol. The molecule has 1 aliphatic rings. The maximum absolute atomic E-state index is 11.8. The Kier molecular flexibility index (Phi) is 4.78. The highest BCUT2D eigenvalue weighted by atomic mass is 16.5. The first kappa shape index (κ1) is 15.0. The van der Waals surface area contributed by atoms with E-state index in [1.165, 1.54) is 18.3 Å². The Morgan fingerprint density at radius 3 is 2.28 bits per heavy atom. The quantitative estimate of drug-likeness (QED) is 0.542. The standard InChI is InChI=1S/C16H26O2/c1-11(2)8-7-9-16(5)13(10-12(3)4)14(16)15(17)18-6/h8,10,13-14H,7,9H2,1-6H3/t13-,14+,16+/m0/s1. The van der Waals surface area contributed by atoms with Crippen LogP contribution in [0.3, 0.4) is 0 Å². The minimum atomic E-state index is -0.0581. The molecule has 102 valence electrons. The van der Waals surface area contributed by atoms with Crippen LogP contribution in [0.15, 0.2) is 23.3 Å². The summed E-state index contributed by atoms with van der Waals surface area (Å²) in [7, 11) is 1.48. The summed E-state index contributed by atoms with van der Waals surface area (Å²) in [6.07, 6.45) is 6.56. The summed E-state index contributed by atoms with van der Waals surface area (Å²) in [4.78, 5) is 11.8. The summed E-state index contributed by atoms with van der Waals surface area (Å²) >= 11 is 0. The van der Waals surface area contributed by atoms with Gasteiger partial charge in [-0.25, -0.2) is 0 Å². The molecule has 2 nitrogen and oxygen atoms in total. The van der Waals surface area contributed by atoms with Crippen molar-refractivity contribution in [1.82, 2.24) is 0 Å². The third-order valence-electron chi connectivity index (χ3n) is 3.93. The van der Waals surface area contributed by atoms with Gasteiger partial charge in [-0.3, -0.25) is 4.79 Å². The molecule has 1 fully saturated rings. The molecule has 1 rings (SSSR count). The number of methoxy groups -OCH3 is 1. The summed E-state index contributed by atoms with van der Waals surface area (Å²) in [5.74, 6) is 0.334. The van der Waals surface area contributed by atoms with Crippen molar-refractivity contribution in [2.75, 3.05) is 7.11 Å². The highest BCUT2D eigenvalue weighted by molar-refractivity contribution is 5.78. The van der Waals surface area contributed by atoms with Crippen LogP contribution >= 0.6 is 0 Å². The Hall–Kier alpha value is -1.05. The molecule has 0 saturated heterocycles. The molecular weight excluding hydrogens is 224 g/mol. The molecule has 0 bridgehead atoms. The summed E-state index contributed by atoms with van der Waals surface area (Å²) in [5.41, 5.74) is 2.70. The number of allylic oxidation sites excluding steroid dienone is 4. The van der Waals surface area contributed by atoms with E-state index < -0.39 is 0 Å². The Labute approximate surface area is 111 Å². The molecule has 0 N–H and O–H groups in total. The zero-order valence-corrected chi connectivity index (χ0v) is 12.5. The van der Waals surface area contributed by atoms with Gasteiger partial charge in [-0.05, 0) is 51.9 Å². The fourth-order valence-electron chi connectivity index (χ4n) is 2.78. The molecule has 0 spiro atoms. The SMILES string of the molecule is COC(=O)[C@H]1[C@H](C=C(C)C)[C@@]1(C)CCC=C(C)C. The van der Waals surface area contributed by atoms with Crippen LogP contribution in [-0.2, 0) is 9.53 Å². The van der Waals surface area contributed by atoms with Crippen molar-refractivity contribution >= 4 is 5.97 Å². The number of ether oxygens (including phenoxy) is 1. The lowest BCUT2D eigenvalue weighted by Crippen LogP contribution is -2.09. The number of hydrogen-bond acceptors (Lipinski definition) is 2. The molecular formula is C16H26O2. The first-order valence-corrected chi connectivity index (χ1v) is 6.69. The fraction of sp³-hybridized carbons (Fsp3) is 0.688. The molecule has 0 radical (unpaired) electrons. The van der Waals surface area contributed by atoms with E-state index in [2.05, 4.69) is 46.8 Å². The number of carbonyl (C=O) groups excluding carboxylic acids is 1. The minimum Gasteiger partial charge on any atom is -0.469 e. The van der Waals surface area contributed by atoms with E-state index in [-0.39, 0.29) is 17.3 Å². The van der Waals surface area contributed by atoms with Crippen molar-refractivity contribution in [1.29, 1.82) is 0 Å². The maximum atomic E-state index is 11.8. The molecule has 18 heavy (non-hydrogen) atoms. The average molecular weight is 250 g/mol. The molecule has 0 heterocycles. The van der Waals surface area contributed by atoms with E-state index in [4.69, 9.17) is 4.74 Å². The molecule has 0 aromatic rings. The van der Waals surface area contributed by atoms with Crippen molar-refractivity contribution in [2.24, 2.45) is 17.3 Å². The molecule has 3 atom stereocenters. The third kappa shape index (κ3) is 3.24. The molecule has 0 aromatic heterocycles. The third-order valence-corrected chi connectivity index (χ3v) is 3.93. The van der Waals surface area contributed by atoms with Gasteiger partial charge in [0.2, 0.25) is 0 Å². The number of carbonyl (C=O) groups is 1. The van der Waals surface area contributed by atoms with Crippen LogP contribution in [0.25, 0.3) is 0 Å². The summed E-state index contributed by atoms with van der Waals surface area (Å²) in [6, 6.07) is 0. The summed E-state index contributed by atoms with van der Waals surface area (Å²) in [5, 5.41) is 0. The largest absolute Gasteiger partial charge is 0.469 e. The van der Waals surface area contributed by atoms with Crippen LogP contribution < -0.4 is 0 Å². The van der Waals surface area contributed by atoms with Gasteiger partial charge < -0.3 is 4.74 Å². The van der Waals surface area contributed by atoms with Gasteiger partial charge in [0.25, 0.3) is 0 Å². The van der Waals surface area contributed by atoms with Gasteiger partial charge in [-0.2, -0.15) is 0 Å². The van der Waals surface area contributed by atoms with E-state index in [0.29, 0.717) is 5.92 Å². The predicted molar refractivity (Wildman–Crippen MR) is 75.2 cm³/mol. The van der Waals surface area contributed by atoms with Gasteiger partial charge in [-0.1, -0.05) is 30.2 Å². The van der Waals surface area contributed by atoms with Crippen molar-refractivity contribution in [3.63, 3.8) is 0 Å². The maximum Gasteiger partial charge on any atom is 0.309 e. The van der Waals surface area contributed by atoms with Crippen molar-refractivity contribution in [3.8, 4) is 0 Å². The van der Waals surface area contributed by atoms with E-state index in [0.717, 1.165) is 12.8 Å². The molecule has 0 unspecified atom stereocenters. The predicted octanol–water partition coefficient (Wildman–Crippen LogP) is 4.12. The topological polar surface area (TPSA) is 26.3 Å². The average Bonchev–Trinajstić information content (AvgIpc) is 2.81. The lowest BCUT2D eigenvalue weighted by atomic mass is 9.96. The van der Waals surface area contributed by atoms with Gasteiger partial charge in [-0.15, -0.1) is 0 Å². The normalized spacial score (nSPS) is 29.4. The molecule has 1 saturated carbocycles. The molecule has 0 amide bonds. The summed E-state index contributed by atoms with van der Waals surface area (Å²) < 4.78 is 4.93. The smallest absolute Gasteiger partial charge is 0.309 e. The van der Waals surface area contributed by atoms with Crippen LogP contribution in [0.2, 0.25) is 0 Å². The molecule has 1 aliphatic carbocycles. The van der Waals surface area contributed by atoms with E-state index in [1.807, 2.05) is 0 Å². The Balaban J connectivity index is 2.74. The Morgan fingerprint density at radius 1 is 1.22 bits per heavy atom. The van der Waals surface area contributed by atoms with Crippen LogP contribution in [0.1, 0.15) is 47.5 Å². The highest BCUT2D eigenvalue weighted by Crippen LogP contribution is 2.62. The van der Waals surface area contributed by atoms with Gasteiger partial charge in [0, 0.05) is 0 Å². The van der Waals surface area contributed by atoms with Crippen LogP contribution in [0.5, 0.6) is 0 Å².